The average molecular weight is 586 g/mol. The van der Waals surface area contributed by atoms with Crippen LogP contribution in [0.2, 0.25) is 5.02 Å². The van der Waals surface area contributed by atoms with E-state index in [9.17, 15) is 13.6 Å². The van der Waals surface area contributed by atoms with E-state index in [0.29, 0.717) is 12.3 Å². The maximum Gasteiger partial charge on any atom is 0.266 e. The zero-order chi connectivity index (χ0) is 29.0. The quantitative estimate of drug-likeness (QED) is 0.248. The molecule has 40 heavy (non-hydrogen) atoms. The van der Waals surface area contributed by atoms with Crippen LogP contribution in [0, 0.1) is 25.5 Å². The summed E-state index contributed by atoms with van der Waals surface area (Å²) in [5, 5.41) is -0.0668. The number of pyridine rings is 1. The molecule has 1 aliphatic carbocycles. The second kappa shape index (κ2) is 13.1. The number of carbonyl (C=O) groups is 1. The number of thiophene rings is 1. The van der Waals surface area contributed by atoms with Crippen LogP contribution in [-0.2, 0) is 6.54 Å². The summed E-state index contributed by atoms with van der Waals surface area (Å²) in [4.78, 5) is 20.5. The predicted molar refractivity (Wildman–Crippen MR) is 159 cm³/mol. The van der Waals surface area contributed by atoms with Crippen LogP contribution < -0.4 is 10.5 Å². The number of aromatic nitrogens is 1. The molecule has 1 amide bonds. The van der Waals surface area contributed by atoms with Crippen molar-refractivity contribution in [2.75, 3.05) is 14.2 Å². The molecule has 0 bridgehead atoms. The van der Waals surface area contributed by atoms with Crippen molar-refractivity contribution in [1.29, 1.82) is 0 Å². The van der Waals surface area contributed by atoms with Crippen molar-refractivity contribution >= 4 is 38.9 Å². The number of halogens is 3. The third-order valence-electron chi connectivity index (χ3n) is 7.19. The van der Waals surface area contributed by atoms with Gasteiger partial charge in [0.15, 0.2) is 0 Å². The normalized spacial score (nSPS) is 13.6. The highest BCUT2D eigenvalue weighted by Crippen LogP contribution is 2.40. The van der Waals surface area contributed by atoms with Gasteiger partial charge in [-0.15, -0.1) is 11.3 Å². The minimum absolute atomic E-state index is 0.00833. The fraction of sp³-hybridized carbons (Fsp3) is 0.355. The second-order valence-electron chi connectivity index (χ2n) is 9.87. The Morgan fingerprint density at radius 2 is 1.68 bits per heavy atom. The summed E-state index contributed by atoms with van der Waals surface area (Å²) in [7, 11) is 3.11. The number of fused-ring (bicyclic) bond motifs is 1. The Hall–Kier alpha value is -3.07. The molecule has 1 fully saturated rings. The molecule has 0 unspecified atom stereocenters. The second-order valence-corrected chi connectivity index (χ2v) is 11.3. The Morgan fingerprint density at radius 3 is 2.30 bits per heavy atom. The van der Waals surface area contributed by atoms with Crippen molar-refractivity contribution in [2.24, 2.45) is 5.73 Å². The van der Waals surface area contributed by atoms with Gasteiger partial charge in [0.1, 0.15) is 22.3 Å². The Bertz CT molecular complexity index is 1500. The van der Waals surface area contributed by atoms with Gasteiger partial charge in [0.25, 0.3) is 5.91 Å². The molecule has 0 spiro atoms. The zero-order valence-corrected chi connectivity index (χ0v) is 24.8. The molecule has 0 aliphatic heterocycles. The van der Waals surface area contributed by atoms with Crippen molar-refractivity contribution in [2.45, 2.75) is 58.5 Å². The van der Waals surface area contributed by atoms with Gasteiger partial charge in [0.05, 0.1) is 22.2 Å². The molecule has 4 aromatic rings. The third-order valence-corrected chi connectivity index (χ3v) is 8.86. The molecule has 2 N–H and O–H groups in total. The molecule has 0 saturated heterocycles. The van der Waals surface area contributed by atoms with Crippen molar-refractivity contribution < 1.29 is 18.3 Å². The SMILES string of the molecule is CN.COc1ccc(-c2cc(C)nc(C)c2)cc1CN(C(=O)c1sc2c(F)ccc(F)c2c1Cl)C1CCCCC1. The lowest BCUT2D eigenvalue weighted by Gasteiger charge is -2.34. The van der Waals surface area contributed by atoms with E-state index in [1.807, 2.05) is 49.1 Å². The number of amides is 1. The number of nitrogens with zero attached hydrogens (tertiary/aromatic N) is 2. The lowest BCUT2D eigenvalue weighted by atomic mass is 9.93. The molecule has 212 valence electrons. The Balaban J connectivity index is 0.00000181. The van der Waals surface area contributed by atoms with E-state index in [1.54, 1.807) is 7.11 Å². The van der Waals surface area contributed by atoms with Gasteiger partial charge in [-0.1, -0.05) is 36.9 Å². The first-order chi connectivity index (χ1) is 19.3. The molecule has 5 nitrogen and oxygen atoms in total. The van der Waals surface area contributed by atoms with Gasteiger partial charge in [-0.2, -0.15) is 0 Å². The molecular formula is C31H34ClF2N3O2S. The van der Waals surface area contributed by atoms with Crippen molar-refractivity contribution in [3.63, 3.8) is 0 Å². The van der Waals surface area contributed by atoms with Crippen LogP contribution in [0.5, 0.6) is 5.75 Å². The van der Waals surface area contributed by atoms with E-state index < -0.39 is 11.6 Å². The highest BCUT2D eigenvalue weighted by Gasteiger charge is 2.31. The van der Waals surface area contributed by atoms with Gasteiger partial charge in [-0.25, -0.2) is 8.78 Å². The summed E-state index contributed by atoms with van der Waals surface area (Å²) in [6.07, 6.45) is 4.89. The topological polar surface area (TPSA) is 68.5 Å². The average Bonchev–Trinajstić information content (AvgIpc) is 3.32. The van der Waals surface area contributed by atoms with Crippen LogP contribution in [0.25, 0.3) is 21.2 Å². The molecule has 0 atom stereocenters. The van der Waals surface area contributed by atoms with Crippen LogP contribution in [0.4, 0.5) is 8.78 Å². The van der Waals surface area contributed by atoms with Crippen LogP contribution in [-0.4, -0.2) is 36.0 Å². The third kappa shape index (κ3) is 6.14. The number of hydrogen-bond donors (Lipinski definition) is 1. The number of methoxy groups -OCH3 is 1. The maximum absolute atomic E-state index is 14.6. The first kappa shape index (κ1) is 29.9. The van der Waals surface area contributed by atoms with Crippen LogP contribution in [0.1, 0.15) is 58.7 Å². The van der Waals surface area contributed by atoms with Gasteiger partial charge in [0, 0.05) is 29.5 Å². The zero-order valence-electron chi connectivity index (χ0n) is 23.2. The minimum atomic E-state index is -0.636. The van der Waals surface area contributed by atoms with Crippen molar-refractivity contribution in [1.82, 2.24) is 9.88 Å². The van der Waals surface area contributed by atoms with Crippen molar-refractivity contribution in [3.8, 4) is 16.9 Å². The summed E-state index contributed by atoms with van der Waals surface area (Å²) in [6.45, 7) is 4.22. The molecule has 2 aromatic heterocycles. The van der Waals surface area contributed by atoms with E-state index in [1.165, 1.54) is 7.05 Å². The Morgan fingerprint density at radius 1 is 1.02 bits per heavy atom. The minimum Gasteiger partial charge on any atom is -0.496 e. The van der Waals surface area contributed by atoms with E-state index in [-0.39, 0.29) is 31.9 Å². The number of rotatable bonds is 6. The first-order valence-corrected chi connectivity index (χ1v) is 14.5. The van der Waals surface area contributed by atoms with Gasteiger partial charge >= 0.3 is 0 Å². The number of hydrogen-bond acceptors (Lipinski definition) is 5. The van der Waals surface area contributed by atoms with E-state index in [2.05, 4.69) is 10.7 Å². The maximum atomic E-state index is 14.6. The number of aryl methyl sites for hydroxylation is 2. The summed E-state index contributed by atoms with van der Waals surface area (Å²) in [5.41, 5.74) is 9.23. The molecule has 5 rings (SSSR count). The monoisotopic (exact) mass is 585 g/mol. The molecule has 9 heteroatoms. The number of ether oxygens (including phenoxy) is 1. The molecule has 1 saturated carbocycles. The standard InChI is InChI=1S/C30H29ClF2N2O2S.CH5N/c1-17-13-20(14-18(2)34-17)19-9-12-25(37-3)21(15-19)16-35(22-7-5-4-6-8-22)30(36)29-27(31)26-23(32)10-11-24(33)28(26)38-29;1-2/h9-15,22H,4-8,16H2,1-3H3;2H2,1H3. The number of benzene rings is 2. The van der Waals surface area contributed by atoms with Gasteiger partial charge in [0.2, 0.25) is 0 Å². The fourth-order valence-electron chi connectivity index (χ4n) is 5.39. The van der Waals surface area contributed by atoms with E-state index >= 15 is 0 Å². The summed E-state index contributed by atoms with van der Waals surface area (Å²) >= 11 is 7.45. The smallest absolute Gasteiger partial charge is 0.266 e. The molecule has 1 aliphatic rings. The van der Waals surface area contributed by atoms with Gasteiger partial charge in [-0.3, -0.25) is 9.78 Å². The van der Waals surface area contributed by atoms with Crippen LogP contribution >= 0.6 is 22.9 Å². The van der Waals surface area contributed by atoms with Crippen LogP contribution in [0.15, 0.2) is 42.5 Å². The fourth-order valence-corrected chi connectivity index (χ4v) is 6.90. The predicted octanol–water partition coefficient (Wildman–Crippen LogP) is 8.07. The Labute approximate surface area is 242 Å². The highest BCUT2D eigenvalue weighted by molar-refractivity contribution is 7.21. The lowest BCUT2D eigenvalue weighted by molar-refractivity contribution is 0.0618. The first-order valence-electron chi connectivity index (χ1n) is 13.3. The Kier molecular flexibility index (Phi) is 9.77. The molecule has 2 aromatic carbocycles. The molecular weight excluding hydrogens is 552 g/mol. The van der Waals surface area contributed by atoms with Crippen LogP contribution in [0.3, 0.4) is 0 Å². The molecule has 2 heterocycles. The number of carbonyl (C=O) groups excluding carboxylic acids is 1. The van der Waals surface area contributed by atoms with Crippen molar-refractivity contribution in [3.05, 3.63) is 81.0 Å². The highest BCUT2D eigenvalue weighted by atomic mass is 35.5. The number of nitrogens with two attached hydrogens (primary N) is 1. The van der Waals surface area contributed by atoms with E-state index in [4.69, 9.17) is 16.3 Å². The van der Waals surface area contributed by atoms with Gasteiger partial charge < -0.3 is 15.4 Å². The summed E-state index contributed by atoms with van der Waals surface area (Å²) in [5.74, 6) is -0.869. The summed E-state index contributed by atoms with van der Waals surface area (Å²) < 4.78 is 34.9. The summed E-state index contributed by atoms with van der Waals surface area (Å²) in [6, 6.07) is 12.1. The van der Waals surface area contributed by atoms with Gasteiger partial charge in [-0.05, 0) is 81.3 Å². The lowest BCUT2D eigenvalue weighted by Crippen LogP contribution is -2.40. The molecule has 0 radical (unpaired) electrons. The van der Waals surface area contributed by atoms with E-state index in [0.717, 1.165) is 83.7 Å². The largest absolute Gasteiger partial charge is 0.496 e.